The lowest BCUT2D eigenvalue weighted by atomic mass is 10.2. The van der Waals surface area contributed by atoms with Gasteiger partial charge in [-0.25, -0.2) is 4.98 Å². The molecule has 0 unspecified atom stereocenters. The summed E-state index contributed by atoms with van der Waals surface area (Å²) in [6.07, 6.45) is 0. The molecule has 0 radical (unpaired) electrons. The van der Waals surface area contributed by atoms with Gasteiger partial charge in [-0.2, -0.15) is 0 Å². The first kappa shape index (κ1) is 15.1. The maximum atomic E-state index is 12.4. The van der Waals surface area contributed by atoms with Crippen LogP contribution in [0.2, 0.25) is 0 Å². The average Bonchev–Trinajstić information content (AvgIpc) is 3.22. The zero-order valence-corrected chi connectivity index (χ0v) is 14.1. The summed E-state index contributed by atoms with van der Waals surface area (Å²) in [4.78, 5) is 23.4. The number of para-hydroxylation sites is 1. The normalized spacial score (nSPS) is 11.8. The standard InChI is InChI=1S/C18H17N3O2S/c1-2-21(10-12-6-5-9-24-12)11-15-19-16-13-7-3-4-8-14(13)23-17(16)18(22)20-15/h3-9H,2,10-11H2,1H3,(H,19,20,22). The molecule has 0 bridgehead atoms. The van der Waals surface area contributed by atoms with Crippen molar-refractivity contribution in [2.75, 3.05) is 6.54 Å². The van der Waals surface area contributed by atoms with Crippen LogP contribution >= 0.6 is 11.3 Å². The molecule has 4 rings (SSSR count). The molecule has 0 aliphatic rings. The number of fused-ring (bicyclic) bond motifs is 3. The van der Waals surface area contributed by atoms with Crippen LogP contribution in [0.3, 0.4) is 0 Å². The number of nitrogens with one attached hydrogen (secondary N) is 1. The Bertz CT molecular complexity index is 1030. The van der Waals surface area contributed by atoms with Crippen LogP contribution in [0.25, 0.3) is 22.1 Å². The van der Waals surface area contributed by atoms with Gasteiger partial charge in [0, 0.05) is 16.8 Å². The van der Waals surface area contributed by atoms with Crippen molar-refractivity contribution in [3.63, 3.8) is 0 Å². The number of benzene rings is 1. The summed E-state index contributed by atoms with van der Waals surface area (Å²) in [5, 5.41) is 2.95. The summed E-state index contributed by atoms with van der Waals surface area (Å²) >= 11 is 1.74. The van der Waals surface area contributed by atoms with Crippen molar-refractivity contribution in [3.8, 4) is 0 Å². The Hall–Kier alpha value is -2.44. The highest BCUT2D eigenvalue weighted by Gasteiger charge is 2.14. The number of aromatic amines is 1. The molecule has 0 spiro atoms. The smallest absolute Gasteiger partial charge is 0.294 e. The summed E-state index contributed by atoms with van der Waals surface area (Å²) in [7, 11) is 0. The van der Waals surface area contributed by atoms with E-state index < -0.39 is 0 Å². The van der Waals surface area contributed by atoms with Crippen LogP contribution in [0.1, 0.15) is 17.6 Å². The number of rotatable bonds is 5. The Balaban J connectivity index is 1.71. The van der Waals surface area contributed by atoms with Gasteiger partial charge in [0.05, 0.1) is 6.54 Å². The number of H-pyrrole nitrogens is 1. The first-order valence-corrected chi connectivity index (χ1v) is 8.77. The lowest BCUT2D eigenvalue weighted by molar-refractivity contribution is 0.267. The van der Waals surface area contributed by atoms with Gasteiger partial charge in [0.15, 0.2) is 0 Å². The van der Waals surface area contributed by atoms with Crippen LogP contribution in [0, 0.1) is 0 Å². The van der Waals surface area contributed by atoms with Gasteiger partial charge in [0.2, 0.25) is 5.58 Å². The SMILES string of the molecule is CCN(Cc1nc2c(oc3ccccc32)c(=O)[nH]1)Cc1cccs1. The van der Waals surface area contributed by atoms with Gasteiger partial charge < -0.3 is 9.40 Å². The van der Waals surface area contributed by atoms with Crippen molar-refractivity contribution < 1.29 is 4.42 Å². The molecule has 4 aromatic rings. The van der Waals surface area contributed by atoms with E-state index in [1.54, 1.807) is 11.3 Å². The molecule has 0 fully saturated rings. The molecule has 0 aliphatic carbocycles. The molecule has 0 atom stereocenters. The maximum Gasteiger partial charge on any atom is 0.294 e. The number of nitrogens with zero attached hydrogens (tertiary/aromatic N) is 2. The summed E-state index contributed by atoms with van der Waals surface area (Å²) in [5.41, 5.74) is 1.39. The van der Waals surface area contributed by atoms with Crippen molar-refractivity contribution in [2.24, 2.45) is 0 Å². The van der Waals surface area contributed by atoms with Crippen molar-refractivity contribution in [2.45, 2.75) is 20.0 Å². The van der Waals surface area contributed by atoms with Crippen molar-refractivity contribution in [1.82, 2.24) is 14.9 Å². The molecule has 0 saturated heterocycles. The topological polar surface area (TPSA) is 62.1 Å². The molecule has 5 nitrogen and oxygen atoms in total. The molecule has 1 N–H and O–H groups in total. The molecular formula is C18H17N3O2S. The van der Waals surface area contributed by atoms with Crippen LogP contribution in [0.5, 0.6) is 0 Å². The largest absolute Gasteiger partial charge is 0.449 e. The molecule has 122 valence electrons. The molecule has 3 aromatic heterocycles. The van der Waals surface area contributed by atoms with Crippen LogP contribution in [-0.4, -0.2) is 21.4 Å². The fourth-order valence-electron chi connectivity index (χ4n) is 2.84. The van der Waals surface area contributed by atoms with Gasteiger partial charge >= 0.3 is 0 Å². The third kappa shape index (κ3) is 2.74. The van der Waals surface area contributed by atoms with Gasteiger partial charge in [0.1, 0.15) is 16.9 Å². The maximum absolute atomic E-state index is 12.4. The minimum absolute atomic E-state index is 0.224. The highest BCUT2D eigenvalue weighted by molar-refractivity contribution is 7.09. The van der Waals surface area contributed by atoms with Gasteiger partial charge in [-0.3, -0.25) is 9.69 Å². The first-order chi connectivity index (χ1) is 11.7. The Morgan fingerprint density at radius 1 is 1.21 bits per heavy atom. The highest BCUT2D eigenvalue weighted by Crippen LogP contribution is 2.24. The van der Waals surface area contributed by atoms with Gasteiger partial charge in [-0.05, 0) is 30.1 Å². The highest BCUT2D eigenvalue weighted by atomic mass is 32.1. The minimum atomic E-state index is -0.224. The molecule has 6 heteroatoms. The van der Waals surface area contributed by atoms with E-state index in [0.717, 1.165) is 18.5 Å². The zero-order chi connectivity index (χ0) is 16.5. The Morgan fingerprint density at radius 2 is 2.08 bits per heavy atom. The van der Waals surface area contributed by atoms with Gasteiger partial charge in [-0.15, -0.1) is 11.3 Å². The fraction of sp³-hybridized carbons (Fsp3) is 0.222. The predicted octanol–water partition coefficient (Wildman–Crippen LogP) is 3.75. The third-order valence-electron chi connectivity index (χ3n) is 4.06. The van der Waals surface area contributed by atoms with Gasteiger partial charge in [-0.1, -0.05) is 25.1 Å². The summed E-state index contributed by atoms with van der Waals surface area (Å²) in [6.45, 7) is 4.43. The Labute approximate surface area is 142 Å². The number of thiophene rings is 1. The zero-order valence-electron chi connectivity index (χ0n) is 13.3. The number of furan rings is 1. The molecule has 0 saturated carbocycles. The van der Waals surface area contributed by atoms with Crippen molar-refractivity contribution in [1.29, 1.82) is 0 Å². The predicted molar refractivity (Wildman–Crippen MR) is 96.2 cm³/mol. The quantitative estimate of drug-likeness (QED) is 0.601. The third-order valence-corrected chi connectivity index (χ3v) is 4.92. The average molecular weight is 339 g/mol. The van der Waals surface area contributed by atoms with E-state index in [9.17, 15) is 4.79 Å². The Kier molecular flexibility index (Phi) is 3.92. The lowest BCUT2D eigenvalue weighted by Crippen LogP contribution is -2.24. The van der Waals surface area contributed by atoms with Crippen molar-refractivity contribution >= 4 is 33.4 Å². The van der Waals surface area contributed by atoms with Crippen LogP contribution < -0.4 is 5.56 Å². The summed E-state index contributed by atoms with van der Waals surface area (Å²) in [5.74, 6) is 0.664. The van der Waals surface area contributed by atoms with Gasteiger partial charge in [0.25, 0.3) is 5.56 Å². The molecular weight excluding hydrogens is 322 g/mol. The van der Waals surface area contributed by atoms with E-state index in [-0.39, 0.29) is 5.56 Å². The monoisotopic (exact) mass is 339 g/mol. The molecule has 1 aromatic carbocycles. The number of aromatic nitrogens is 2. The van der Waals surface area contributed by atoms with E-state index >= 15 is 0 Å². The van der Waals surface area contributed by atoms with E-state index in [1.807, 2.05) is 24.3 Å². The second kappa shape index (κ2) is 6.22. The molecule has 24 heavy (non-hydrogen) atoms. The van der Waals surface area contributed by atoms with E-state index in [1.165, 1.54) is 4.88 Å². The second-order valence-corrected chi connectivity index (χ2v) is 6.70. The number of hydrogen-bond donors (Lipinski definition) is 1. The minimum Gasteiger partial charge on any atom is -0.449 e. The number of hydrogen-bond acceptors (Lipinski definition) is 5. The second-order valence-electron chi connectivity index (χ2n) is 5.67. The van der Waals surface area contributed by atoms with Crippen LogP contribution in [0.15, 0.2) is 51.0 Å². The van der Waals surface area contributed by atoms with E-state index in [0.29, 0.717) is 29.1 Å². The van der Waals surface area contributed by atoms with Crippen molar-refractivity contribution in [3.05, 3.63) is 62.8 Å². The summed E-state index contributed by atoms with van der Waals surface area (Å²) in [6, 6.07) is 11.8. The lowest BCUT2D eigenvalue weighted by Gasteiger charge is -2.18. The van der Waals surface area contributed by atoms with Crippen LogP contribution in [0.4, 0.5) is 0 Å². The molecule has 3 heterocycles. The van der Waals surface area contributed by atoms with E-state index in [2.05, 4.69) is 39.3 Å². The van der Waals surface area contributed by atoms with Crippen LogP contribution in [-0.2, 0) is 13.1 Å². The fourth-order valence-corrected chi connectivity index (χ4v) is 3.58. The molecule has 0 amide bonds. The molecule has 0 aliphatic heterocycles. The first-order valence-electron chi connectivity index (χ1n) is 7.90. The summed E-state index contributed by atoms with van der Waals surface area (Å²) < 4.78 is 5.64. The Morgan fingerprint density at radius 3 is 2.88 bits per heavy atom. The van der Waals surface area contributed by atoms with E-state index in [4.69, 9.17) is 4.42 Å².